The first-order chi connectivity index (χ1) is 10.1. The number of hydrogen-bond donors (Lipinski definition) is 1. The highest BCUT2D eigenvalue weighted by Crippen LogP contribution is 2.32. The van der Waals surface area contributed by atoms with E-state index in [4.69, 9.17) is 10.5 Å². The van der Waals surface area contributed by atoms with E-state index >= 15 is 0 Å². The molecule has 0 atom stereocenters. The molecule has 1 aliphatic rings. The van der Waals surface area contributed by atoms with Gasteiger partial charge in [0.25, 0.3) is 0 Å². The molecule has 3 rings (SSSR count). The SMILES string of the molecule is CC(C)Oc1cccnc1N1CCc2cccc(N)c2C1. The smallest absolute Gasteiger partial charge is 0.171 e. The summed E-state index contributed by atoms with van der Waals surface area (Å²) in [5, 5.41) is 0. The van der Waals surface area contributed by atoms with Crippen molar-refractivity contribution in [3.05, 3.63) is 47.7 Å². The number of fused-ring (bicyclic) bond motifs is 1. The molecule has 1 aliphatic heterocycles. The second-order valence-corrected chi connectivity index (χ2v) is 5.65. The summed E-state index contributed by atoms with van der Waals surface area (Å²) in [4.78, 5) is 6.76. The highest BCUT2D eigenvalue weighted by atomic mass is 16.5. The summed E-state index contributed by atoms with van der Waals surface area (Å²) in [6, 6.07) is 10.0. The van der Waals surface area contributed by atoms with Crippen LogP contribution in [-0.2, 0) is 13.0 Å². The van der Waals surface area contributed by atoms with E-state index in [0.29, 0.717) is 0 Å². The van der Waals surface area contributed by atoms with Crippen molar-refractivity contribution in [1.82, 2.24) is 4.98 Å². The molecular weight excluding hydrogens is 262 g/mol. The molecule has 21 heavy (non-hydrogen) atoms. The van der Waals surface area contributed by atoms with Crippen molar-refractivity contribution in [2.75, 3.05) is 17.2 Å². The summed E-state index contributed by atoms with van der Waals surface area (Å²) in [5.41, 5.74) is 9.54. The molecule has 1 aromatic carbocycles. The van der Waals surface area contributed by atoms with Gasteiger partial charge in [0.1, 0.15) is 0 Å². The van der Waals surface area contributed by atoms with Gasteiger partial charge in [0, 0.05) is 25.0 Å². The largest absolute Gasteiger partial charge is 0.487 e. The van der Waals surface area contributed by atoms with Gasteiger partial charge in [-0.15, -0.1) is 0 Å². The van der Waals surface area contributed by atoms with E-state index in [1.54, 1.807) is 0 Å². The Hall–Kier alpha value is -2.23. The first-order valence-electron chi connectivity index (χ1n) is 7.38. The minimum atomic E-state index is 0.134. The van der Waals surface area contributed by atoms with Crippen molar-refractivity contribution in [3.63, 3.8) is 0 Å². The van der Waals surface area contributed by atoms with Gasteiger partial charge in [0.15, 0.2) is 11.6 Å². The fourth-order valence-electron chi connectivity index (χ4n) is 2.75. The molecular formula is C17H21N3O. The molecule has 0 bridgehead atoms. The third-order valence-corrected chi connectivity index (χ3v) is 3.72. The van der Waals surface area contributed by atoms with Gasteiger partial charge in [0.05, 0.1) is 6.10 Å². The Labute approximate surface area is 125 Å². The Balaban J connectivity index is 1.91. The summed E-state index contributed by atoms with van der Waals surface area (Å²) in [6.45, 7) is 5.77. The number of nitrogens with zero attached hydrogens (tertiary/aromatic N) is 2. The van der Waals surface area contributed by atoms with Crippen LogP contribution < -0.4 is 15.4 Å². The third kappa shape index (κ3) is 2.79. The summed E-state index contributed by atoms with van der Waals surface area (Å²) < 4.78 is 5.88. The molecule has 0 saturated heterocycles. The maximum atomic E-state index is 6.12. The Morgan fingerprint density at radius 1 is 1.24 bits per heavy atom. The van der Waals surface area contributed by atoms with E-state index in [1.807, 2.05) is 44.3 Å². The van der Waals surface area contributed by atoms with Crippen molar-refractivity contribution in [3.8, 4) is 5.75 Å². The number of benzene rings is 1. The number of nitrogen functional groups attached to an aromatic ring is 1. The standard InChI is InChI=1S/C17H21N3O/c1-12(2)21-16-7-4-9-19-17(16)20-10-8-13-5-3-6-15(18)14(13)11-20/h3-7,9,12H,8,10-11,18H2,1-2H3. The molecule has 2 aromatic rings. The molecule has 1 aromatic heterocycles. The highest BCUT2D eigenvalue weighted by Gasteiger charge is 2.21. The van der Waals surface area contributed by atoms with E-state index in [0.717, 1.165) is 36.8 Å². The van der Waals surface area contributed by atoms with Gasteiger partial charge in [-0.25, -0.2) is 4.98 Å². The molecule has 0 fully saturated rings. The minimum Gasteiger partial charge on any atom is -0.487 e. The van der Waals surface area contributed by atoms with Gasteiger partial charge < -0.3 is 15.4 Å². The number of anilines is 2. The fraction of sp³-hybridized carbons (Fsp3) is 0.353. The number of ether oxygens (including phenoxy) is 1. The van der Waals surface area contributed by atoms with E-state index < -0.39 is 0 Å². The first-order valence-corrected chi connectivity index (χ1v) is 7.38. The van der Waals surface area contributed by atoms with Crippen LogP contribution in [0, 0.1) is 0 Å². The van der Waals surface area contributed by atoms with Crippen LogP contribution in [0.5, 0.6) is 5.75 Å². The molecule has 2 N–H and O–H groups in total. The molecule has 0 aliphatic carbocycles. The number of rotatable bonds is 3. The topological polar surface area (TPSA) is 51.4 Å². The van der Waals surface area contributed by atoms with Crippen molar-refractivity contribution in [2.45, 2.75) is 32.9 Å². The summed E-state index contributed by atoms with van der Waals surface area (Å²) in [5.74, 6) is 1.74. The van der Waals surface area contributed by atoms with Gasteiger partial charge in [-0.2, -0.15) is 0 Å². The third-order valence-electron chi connectivity index (χ3n) is 3.72. The number of pyridine rings is 1. The van der Waals surface area contributed by atoms with Crippen LogP contribution in [0.2, 0.25) is 0 Å². The molecule has 0 amide bonds. The Bertz CT molecular complexity index is 640. The quantitative estimate of drug-likeness (QED) is 0.880. The maximum Gasteiger partial charge on any atom is 0.171 e. The number of hydrogen-bond acceptors (Lipinski definition) is 4. The summed E-state index contributed by atoms with van der Waals surface area (Å²) >= 11 is 0. The van der Waals surface area contributed by atoms with E-state index in [9.17, 15) is 0 Å². The second kappa shape index (κ2) is 5.64. The van der Waals surface area contributed by atoms with Crippen molar-refractivity contribution >= 4 is 11.5 Å². The normalized spacial score (nSPS) is 14.1. The molecule has 110 valence electrons. The predicted molar refractivity (Wildman–Crippen MR) is 85.6 cm³/mol. The lowest BCUT2D eigenvalue weighted by atomic mass is 9.98. The van der Waals surface area contributed by atoms with Gasteiger partial charge >= 0.3 is 0 Å². The van der Waals surface area contributed by atoms with Gasteiger partial charge in [-0.05, 0) is 49.6 Å². The van der Waals surface area contributed by atoms with Crippen LogP contribution >= 0.6 is 0 Å². The summed E-state index contributed by atoms with van der Waals surface area (Å²) in [6.07, 6.45) is 2.93. The number of aromatic nitrogens is 1. The minimum absolute atomic E-state index is 0.134. The van der Waals surface area contributed by atoms with E-state index in [-0.39, 0.29) is 6.10 Å². The maximum absolute atomic E-state index is 6.12. The average molecular weight is 283 g/mol. The zero-order chi connectivity index (χ0) is 14.8. The van der Waals surface area contributed by atoms with Crippen LogP contribution in [0.4, 0.5) is 11.5 Å². The van der Waals surface area contributed by atoms with Crippen molar-refractivity contribution in [1.29, 1.82) is 0 Å². The molecule has 0 radical (unpaired) electrons. The van der Waals surface area contributed by atoms with Crippen molar-refractivity contribution < 1.29 is 4.74 Å². The van der Waals surface area contributed by atoms with E-state index in [2.05, 4.69) is 16.0 Å². The zero-order valence-corrected chi connectivity index (χ0v) is 12.5. The fourth-order valence-corrected chi connectivity index (χ4v) is 2.75. The van der Waals surface area contributed by atoms with Crippen LogP contribution in [-0.4, -0.2) is 17.6 Å². The molecule has 0 unspecified atom stereocenters. The van der Waals surface area contributed by atoms with Crippen LogP contribution in [0.3, 0.4) is 0 Å². The Kier molecular flexibility index (Phi) is 3.69. The van der Waals surface area contributed by atoms with Crippen molar-refractivity contribution in [2.24, 2.45) is 0 Å². The van der Waals surface area contributed by atoms with Gasteiger partial charge in [0.2, 0.25) is 0 Å². The van der Waals surface area contributed by atoms with Gasteiger partial charge in [-0.1, -0.05) is 12.1 Å². The van der Waals surface area contributed by atoms with E-state index in [1.165, 1.54) is 11.1 Å². The monoisotopic (exact) mass is 283 g/mol. The molecule has 4 heteroatoms. The lowest BCUT2D eigenvalue weighted by molar-refractivity contribution is 0.242. The average Bonchev–Trinajstić information content (AvgIpc) is 2.47. The number of nitrogens with two attached hydrogens (primary N) is 1. The van der Waals surface area contributed by atoms with Gasteiger partial charge in [-0.3, -0.25) is 0 Å². The predicted octanol–water partition coefficient (Wildman–Crippen LogP) is 3.01. The molecule has 2 heterocycles. The molecule has 4 nitrogen and oxygen atoms in total. The first kappa shape index (κ1) is 13.7. The summed E-state index contributed by atoms with van der Waals surface area (Å²) in [7, 11) is 0. The van der Waals surface area contributed by atoms with Crippen LogP contribution in [0.15, 0.2) is 36.5 Å². The lowest BCUT2D eigenvalue weighted by Crippen LogP contribution is -2.32. The lowest BCUT2D eigenvalue weighted by Gasteiger charge is -2.31. The molecule has 0 saturated carbocycles. The van der Waals surface area contributed by atoms with Crippen LogP contribution in [0.25, 0.3) is 0 Å². The highest BCUT2D eigenvalue weighted by molar-refractivity contribution is 5.59. The Morgan fingerprint density at radius 3 is 2.90 bits per heavy atom. The molecule has 0 spiro atoms. The zero-order valence-electron chi connectivity index (χ0n) is 12.5. The second-order valence-electron chi connectivity index (χ2n) is 5.65. The van der Waals surface area contributed by atoms with Crippen LogP contribution in [0.1, 0.15) is 25.0 Å². The Morgan fingerprint density at radius 2 is 2.10 bits per heavy atom.